The van der Waals surface area contributed by atoms with Gasteiger partial charge >= 0.3 is 78.8 Å². The number of carbonyl (C=O) groups excluding carboxylic acids is 8. The lowest BCUT2D eigenvalue weighted by molar-refractivity contribution is -0.355. The zero-order valence-corrected chi connectivity index (χ0v) is 68.6. The van der Waals surface area contributed by atoms with Gasteiger partial charge in [0, 0.05) is 101 Å². The number of methoxy groups -OCH3 is 6. The Morgan fingerprint density at radius 2 is 0.762 bits per heavy atom. The van der Waals surface area contributed by atoms with Crippen LogP contribution in [0.1, 0.15) is 64.6 Å². The highest BCUT2D eigenvalue weighted by Gasteiger charge is 2.73. The molecule has 42 heteroatoms. The molecule has 0 aromatic heterocycles. The Balaban J connectivity index is 1.07. The standard InChI is InChI=1S/C88H78F18O24/c1-8-61-62-47-60(46-57(107)45-59(125-73(111)79(117-4,85(95,96)97)53-31-19-11-20-32-53)44-41-50-39-42-58(43-40-50)124-72(110)78(116-3,84(92,93)94)52-29-17-10-18-30-52)123-68(108)63(62)48-121-69(61)130-70-67(129-76(114)82(120-7,88(104,105)106)56-37-25-14-26-38-56)66(128-75(113)81(119-6,87(101,102)103)55-35-23-13-24-36-55)65(127-74(112)80(118-5,86(98,99)100)54-33-21-12-22-34-54)64(126-70)49-122-71(109)77(115-2,83(89,90)91)51-27-15-9-16-28-51/h8-40,42-43,48,59-62,64-67,69-70H,1,41,44-47,49H2,2-7H3/t59-,60-,61+,62-,64+,65+,66-,67+,69-,70-,77-,78-,79-,80-,81-,82-/m0/s1. The predicted molar refractivity (Wildman–Crippen MR) is 407 cm³/mol. The van der Waals surface area contributed by atoms with E-state index in [2.05, 4.69) is 6.58 Å². The van der Waals surface area contributed by atoms with Gasteiger partial charge in [-0.05, 0) is 37.0 Å². The SMILES string of the molecule is C=C[C@H]1[C@H](O[C@@H]2O[C@H](COC(=O)[C@@](OC)(c3ccccc3)C(F)(F)F)[C@@H](OC(=O)[C@@](OC)(c3ccccc3)C(F)(F)F)[C@H](OC(=O)[C@@](OC)(c3ccccc3)C(F)(F)F)[C@H]2OC(=O)[C@@](OC)(c2ccccc2)C(F)(F)F)OC=C2C(=O)O[C@@H](CC(=O)C[C@H](CCc3ccc(OC(=O)[C@@](OC)(c4ccccc4)C(F)(F)F)cc3)OC(=O)[C@@](OC)(c3ccccc3)C(F)(F)F)C[C@H]21. The summed E-state index contributed by atoms with van der Waals surface area (Å²) in [6.45, 7) is 1.63. The number of hydrogen-bond donors (Lipinski definition) is 0. The zero-order valence-electron chi connectivity index (χ0n) is 68.6. The smallest absolute Gasteiger partial charge is 0.432 e. The quantitative estimate of drug-likeness (QED) is 0.0117. The third kappa shape index (κ3) is 19.2. The molecule has 16 atom stereocenters. The molecule has 0 bridgehead atoms. The Bertz CT molecular complexity index is 5130. The van der Waals surface area contributed by atoms with E-state index in [0.29, 0.717) is 76.1 Å². The van der Waals surface area contributed by atoms with Gasteiger partial charge in [0.15, 0.2) is 18.3 Å². The lowest BCUT2D eigenvalue weighted by Gasteiger charge is -2.48. The number of halogens is 18. The fourth-order valence-corrected chi connectivity index (χ4v) is 15.4. The average Bonchev–Trinajstić information content (AvgIpc) is 0.674. The number of ether oxygens (including phenoxy) is 16. The van der Waals surface area contributed by atoms with Gasteiger partial charge in [0.2, 0.25) is 12.6 Å². The van der Waals surface area contributed by atoms with Crippen LogP contribution in [-0.2, 0) is 149 Å². The van der Waals surface area contributed by atoms with Gasteiger partial charge in [-0.1, -0.05) is 200 Å². The molecule has 130 heavy (non-hydrogen) atoms. The molecule has 7 aromatic carbocycles. The first-order valence-electron chi connectivity index (χ1n) is 38.6. The molecular formula is C88H78F18O24. The molecule has 7 aromatic rings. The van der Waals surface area contributed by atoms with E-state index in [-0.39, 0.29) is 33.3 Å². The second-order valence-electron chi connectivity index (χ2n) is 29.2. The third-order valence-corrected chi connectivity index (χ3v) is 21.9. The van der Waals surface area contributed by atoms with Crippen molar-refractivity contribution >= 4 is 47.6 Å². The monoisotopic (exact) mass is 1860 g/mol. The van der Waals surface area contributed by atoms with E-state index in [9.17, 15) is 37.1 Å². The number of alkyl halides is 18. The van der Waals surface area contributed by atoms with Crippen LogP contribution in [-0.4, -0.2) is 183 Å². The number of fused-ring (bicyclic) bond motifs is 1. The molecule has 0 aliphatic carbocycles. The van der Waals surface area contributed by atoms with Crippen molar-refractivity contribution in [2.75, 3.05) is 49.3 Å². The van der Waals surface area contributed by atoms with Crippen LogP contribution in [0, 0.1) is 11.8 Å². The lowest BCUT2D eigenvalue weighted by Crippen LogP contribution is -2.67. The van der Waals surface area contributed by atoms with Crippen molar-refractivity contribution in [1.82, 2.24) is 0 Å². The minimum Gasteiger partial charge on any atom is -0.471 e. The van der Waals surface area contributed by atoms with Crippen LogP contribution in [0.25, 0.3) is 0 Å². The number of ketones is 1. The summed E-state index contributed by atoms with van der Waals surface area (Å²) in [6.07, 6.45) is -61.0. The van der Waals surface area contributed by atoms with Crippen molar-refractivity contribution in [3.05, 3.63) is 270 Å². The van der Waals surface area contributed by atoms with E-state index < -0.39 is 256 Å². The van der Waals surface area contributed by atoms with Gasteiger partial charge in [-0.15, -0.1) is 6.58 Å². The average molecular weight is 1860 g/mol. The second kappa shape index (κ2) is 39.9. The van der Waals surface area contributed by atoms with Gasteiger partial charge < -0.3 is 75.8 Å². The van der Waals surface area contributed by atoms with Crippen molar-refractivity contribution in [3.63, 3.8) is 0 Å². The summed E-state index contributed by atoms with van der Waals surface area (Å²) in [4.78, 5) is 118. The molecule has 0 radical (unpaired) electrons. The van der Waals surface area contributed by atoms with Crippen molar-refractivity contribution in [1.29, 1.82) is 0 Å². The van der Waals surface area contributed by atoms with E-state index >= 15 is 80.2 Å². The van der Waals surface area contributed by atoms with Gasteiger partial charge in [-0.25, -0.2) is 33.6 Å². The minimum absolute atomic E-state index is 0.140. The molecular weight excluding hydrogens is 1780 g/mol. The summed E-state index contributed by atoms with van der Waals surface area (Å²) in [5, 5.41) is 0. The van der Waals surface area contributed by atoms with Gasteiger partial charge in [0.1, 0.15) is 36.5 Å². The molecule has 3 aliphatic heterocycles. The van der Waals surface area contributed by atoms with Gasteiger partial charge in [-0.2, -0.15) is 79.0 Å². The molecule has 2 fully saturated rings. The van der Waals surface area contributed by atoms with Crippen LogP contribution < -0.4 is 4.74 Å². The molecule has 24 nitrogen and oxygen atoms in total. The van der Waals surface area contributed by atoms with Crippen molar-refractivity contribution in [3.8, 4) is 5.75 Å². The maximum Gasteiger partial charge on any atom is 0.432 e. The summed E-state index contributed by atoms with van der Waals surface area (Å²) in [7, 11) is 2.19. The summed E-state index contributed by atoms with van der Waals surface area (Å²) >= 11 is 0. The molecule has 0 saturated carbocycles. The number of rotatable bonds is 35. The molecule has 0 amide bonds. The largest absolute Gasteiger partial charge is 0.471 e. The van der Waals surface area contributed by atoms with Crippen molar-refractivity contribution < 1.29 is 193 Å². The van der Waals surface area contributed by atoms with E-state index in [1.807, 2.05) is 0 Å². The van der Waals surface area contributed by atoms with Crippen molar-refractivity contribution in [2.24, 2.45) is 11.8 Å². The third-order valence-electron chi connectivity index (χ3n) is 21.9. The Labute approximate surface area is 726 Å². The highest BCUT2D eigenvalue weighted by atomic mass is 19.4. The first-order valence-corrected chi connectivity index (χ1v) is 38.6. The van der Waals surface area contributed by atoms with Crippen LogP contribution >= 0.6 is 0 Å². The topological polar surface area (TPSA) is 284 Å². The van der Waals surface area contributed by atoms with Crippen molar-refractivity contribution in [2.45, 2.75) is 152 Å². The van der Waals surface area contributed by atoms with Gasteiger partial charge in [0.05, 0.1) is 11.8 Å². The first kappa shape index (κ1) is 100. The summed E-state index contributed by atoms with van der Waals surface area (Å²) < 4.78 is 370. The maximum absolute atomic E-state index is 16.3. The predicted octanol–water partition coefficient (Wildman–Crippen LogP) is 15.4. The molecule has 3 heterocycles. The van der Waals surface area contributed by atoms with Crippen LogP contribution in [0.15, 0.2) is 231 Å². The number of cyclic esters (lactones) is 1. The van der Waals surface area contributed by atoms with Crippen LogP contribution in [0.4, 0.5) is 79.0 Å². The van der Waals surface area contributed by atoms with Crippen LogP contribution in [0.2, 0.25) is 0 Å². The second-order valence-corrected chi connectivity index (χ2v) is 29.2. The van der Waals surface area contributed by atoms with Gasteiger partial charge in [0.25, 0.3) is 33.6 Å². The molecule has 3 aliphatic rings. The number of aryl methyl sites for hydroxylation is 1. The lowest BCUT2D eigenvalue weighted by atomic mass is 9.78. The molecule has 10 rings (SSSR count). The Kier molecular flexibility index (Phi) is 30.8. The molecule has 700 valence electrons. The highest BCUT2D eigenvalue weighted by molar-refractivity contribution is 5.91. The molecule has 0 N–H and O–H groups in total. The fraction of sp³-hybridized carbons (Fsp3) is 0.386. The normalized spacial score (nSPS) is 22.2. The Hall–Kier alpha value is -11.8. The molecule has 0 unspecified atom stereocenters. The molecule has 2 saturated heterocycles. The molecule has 0 spiro atoms. The highest BCUT2D eigenvalue weighted by Crippen LogP contribution is 2.53. The number of Topliss-reactive ketones (excluding diaryl/α,β-unsaturated/α-hetero) is 1. The summed E-state index contributed by atoms with van der Waals surface area (Å²) in [6, 6.07) is 31.9. The van der Waals surface area contributed by atoms with E-state index in [4.69, 9.17) is 75.8 Å². The summed E-state index contributed by atoms with van der Waals surface area (Å²) in [5.74, 6) is -21.6. The Morgan fingerprint density at radius 1 is 0.423 bits per heavy atom. The van der Waals surface area contributed by atoms with Crippen LogP contribution in [0.5, 0.6) is 5.75 Å². The number of hydrogen-bond acceptors (Lipinski definition) is 24. The number of carbonyl (C=O) groups is 8. The fourth-order valence-electron chi connectivity index (χ4n) is 15.4. The van der Waals surface area contributed by atoms with E-state index in [0.717, 1.165) is 127 Å². The maximum atomic E-state index is 16.3. The Morgan fingerprint density at radius 3 is 1.12 bits per heavy atom. The van der Waals surface area contributed by atoms with E-state index in [1.54, 1.807) is 0 Å². The first-order chi connectivity index (χ1) is 61.2. The summed E-state index contributed by atoms with van der Waals surface area (Å²) in [5.41, 5.74) is -32.3. The minimum atomic E-state index is -6.17. The van der Waals surface area contributed by atoms with Gasteiger partial charge in [-0.3, -0.25) is 4.79 Å². The van der Waals surface area contributed by atoms with E-state index in [1.165, 1.54) is 36.4 Å². The number of benzene rings is 7. The zero-order chi connectivity index (χ0) is 95.6. The van der Waals surface area contributed by atoms with Crippen LogP contribution in [0.3, 0.4) is 0 Å². The number of esters is 7.